The number of nitrogens with one attached hydrogen (secondary N) is 1. The second kappa shape index (κ2) is 6.76. The molecule has 0 radical (unpaired) electrons. The number of methoxy groups -OCH3 is 1. The number of nitrogen functional groups attached to an aromatic ring is 1. The molecule has 0 saturated carbocycles. The number of hydrogen-bond donors (Lipinski definition) is 2. The number of hydrogen-bond acceptors (Lipinski definition) is 4. The number of anilines is 1. The summed E-state index contributed by atoms with van der Waals surface area (Å²) in [4.78, 5) is 13.2. The molecule has 0 unspecified atom stereocenters. The second-order valence-corrected chi connectivity index (χ2v) is 6.72. The van der Waals surface area contributed by atoms with Crippen LogP contribution in [0.3, 0.4) is 0 Å². The van der Waals surface area contributed by atoms with E-state index in [0.717, 1.165) is 10.2 Å². The summed E-state index contributed by atoms with van der Waals surface area (Å²) in [7, 11) is 1.53. The highest BCUT2D eigenvalue weighted by Gasteiger charge is 2.08. The minimum absolute atomic E-state index is 0.126. The van der Waals surface area contributed by atoms with E-state index >= 15 is 0 Å². The largest absolute Gasteiger partial charge is 0.495 e. The summed E-state index contributed by atoms with van der Waals surface area (Å²) < 4.78 is 6.20. The van der Waals surface area contributed by atoms with Crippen molar-refractivity contribution in [3.8, 4) is 5.75 Å². The second-order valence-electron chi connectivity index (χ2n) is 4.17. The monoisotopic (exact) mass is 354 g/mol. The number of rotatable bonds is 5. The van der Waals surface area contributed by atoms with Gasteiger partial charge in [0.25, 0.3) is 5.91 Å². The van der Waals surface area contributed by atoms with E-state index in [4.69, 9.17) is 10.5 Å². The van der Waals surface area contributed by atoms with Crippen LogP contribution in [0.4, 0.5) is 5.69 Å². The molecule has 2 aromatic rings. The molecule has 1 aromatic heterocycles. The molecule has 0 atom stereocenters. The van der Waals surface area contributed by atoms with Crippen LogP contribution in [0, 0.1) is 0 Å². The SMILES string of the molecule is COc1cc(C(=O)NCCc2ccc(Br)s2)ccc1N. The van der Waals surface area contributed by atoms with Gasteiger partial charge in [-0.05, 0) is 52.7 Å². The number of carbonyl (C=O) groups is 1. The first-order valence-electron chi connectivity index (χ1n) is 6.06. The average molecular weight is 355 g/mol. The molecule has 0 bridgehead atoms. The predicted octanol–water partition coefficient (Wildman–Crippen LogP) is 3.07. The standard InChI is InChI=1S/C14H15BrN2O2S/c1-19-12-8-9(2-4-11(12)16)14(18)17-7-6-10-3-5-13(15)20-10/h2-5,8H,6-7,16H2,1H3,(H,17,18). The van der Waals surface area contributed by atoms with Crippen molar-refractivity contribution in [1.82, 2.24) is 5.32 Å². The number of nitrogens with two attached hydrogens (primary N) is 1. The predicted molar refractivity (Wildman–Crippen MR) is 85.5 cm³/mol. The van der Waals surface area contributed by atoms with E-state index in [-0.39, 0.29) is 5.91 Å². The van der Waals surface area contributed by atoms with Crippen LogP contribution < -0.4 is 15.8 Å². The molecule has 106 valence electrons. The molecule has 0 spiro atoms. The van der Waals surface area contributed by atoms with Crippen molar-refractivity contribution >= 4 is 38.9 Å². The van der Waals surface area contributed by atoms with Crippen LogP contribution in [0.5, 0.6) is 5.75 Å². The van der Waals surface area contributed by atoms with E-state index in [1.807, 2.05) is 12.1 Å². The minimum Gasteiger partial charge on any atom is -0.495 e. The Hall–Kier alpha value is -1.53. The van der Waals surface area contributed by atoms with Gasteiger partial charge in [-0.25, -0.2) is 0 Å². The van der Waals surface area contributed by atoms with Gasteiger partial charge in [-0.1, -0.05) is 0 Å². The van der Waals surface area contributed by atoms with Crippen molar-refractivity contribution in [2.45, 2.75) is 6.42 Å². The third kappa shape index (κ3) is 3.74. The summed E-state index contributed by atoms with van der Waals surface area (Å²) in [5, 5.41) is 2.88. The lowest BCUT2D eigenvalue weighted by Crippen LogP contribution is -2.25. The van der Waals surface area contributed by atoms with Gasteiger partial charge < -0.3 is 15.8 Å². The van der Waals surface area contributed by atoms with E-state index in [1.165, 1.54) is 12.0 Å². The molecule has 0 aliphatic rings. The first-order chi connectivity index (χ1) is 9.60. The lowest BCUT2D eigenvalue weighted by Gasteiger charge is -2.08. The molecule has 0 aliphatic carbocycles. The Kier molecular flexibility index (Phi) is 5.03. The van der Waals surface area contributed by atoms with Crippen LogP contribution in [0.1, 0.15) is 15.2 Å². The number of halogens is 1. The maximum absolute atomic E-state index is 12.0. The maximum Gasteiger partial charge on any atom is 0.251 e. The lowest BCUT2D eigenvalue weighted by atomic mass is 10.1. The maximum atomic E-state index is 12.0. The molecule has 0 saturated heterocycles. The first-order valence-corrected chi connectivity index (χ1v) is 7.67. The summed E-state index contributed by atoms with van der Waals surface area (Å²) in [6, 6.07) is 9.06. The highest BCUT2D eigenvalue weighted by molar-refractivity contribution is 9.11. The third-order valence-electron chi connectivity index (χ3n) is 2.78. The summed E-state index contributed by atoms with van der Waals surface area (Å²) in [5.41, 5.74) is 6.78. The molecule has 1 amide bonds. The molecule has 4 nitrogen and oxygen atoms in total. The fraction of sp³-hybridized carbons (Fsp3) is 0.214. The zero-order chi connectivity index (χ0) is 14.5. The van der Waals surface area contributed by atoms with Gasteiger partial charge in [-0.15, -0.1) is 11.3 Å². The Morgan fingerprint density at radius 1 is 1.40 bits per heavy atom. The zero-order valence-electron chi connectivity index (χ0n) is 11.0. The van der Waals surface area contributed by atoms with Crippen LogP contribution >= 0.6 is 27.3 Å². The van der Waals surface area contributed by atoms with Gasteiger partial charge in [0.05, 0.1) is 16.6 Å². The highest BCUT2D eigenvalue weighted by atomic mass is 79.9. The minimum atomic E-state index is -0.126. The molecular formula is C14H15BrN2O2S. The van der Waals surface area contributed by atoms with Crippen molar-refractivity contribution in [2.75, 3.05) is 19.4 Å². The Morgan fingerprint density at radius 3 is 2.85 bits per heavy atom. The fourth-order valence-corrected chi connectivity index (χ4v) is 3.22. The number of carbonyl (C=O) groups excluding carboxylic acids is 1. The topological polar surface area (TPSA) is 64.3 Å². The Morgan fingerprint density at radius 2 is 2.20 bits per heavy atom. The molecule has 6 heteroatoms. The van der Waals surface area contributed by atoms with Gasteiger partial charge >= 0.3 is 0 Å². The van der Waals surface area contributed by atoms with E-state index < -0.39 is 0 Å². The number of thiophene rings is 1. The van der Waals surface area contributed by atoms with Crippen LogP contribution in [-0.4, -0.2) is 19.6 Å². The fourth-order valence-electron chi connectivity index (χ4n) is 1.74. The van der Waals surface area contributed by atoms with Crippen LogP contribution in [0.25, 0.3) is 0 Å². The molecule has 20 heavy (non-hydrogen) atoms. The Bertz CT molecular complexity index is 613. The van der Waals surface area contributed by atoms with Crippen LogP contribution in [0.2, 0.25) is 0 Å². The van der Waals surface area contributed by atoms with Crippen LogP contribution in [-0.2, 0) is 6.42 Å². The van der Waals surface area contributed by atoms with Crippen molar-refractivity contribution in [2.24, 2.45) is 0 Å². The molecule has 3 N–H and O–H groups in total. The van der Waals surface area contributed by atoms with E-state index in [0.29, 0.717) is 23.5 Å². The molecule has 0 fully saturated rings. The van der Waals surface area contributed by atoms with Crippen molar-refractivity contribution in [3.05, 3.63) is 44.6 Å². The molecule has 0 aliphatic heterocycles. The van der Waals surface area contributed by atoms with Gasteiger partial charge in [-0.3, -0.25) is 4.79 Å². The summed E-state index contributed by atoms with van der Waals surface area (Å²) in [6.07, 6.45) is 0.814. The van der Waals surface area contributed by atoms with E-state index in [2.05, 4.69) is 21.2 Å². The quantitative estimate of drug-likeness (QED) is 0.811. The van der Waals surface area contributed by atoms with Crippen molar-refractivity contribution < 1.29 is 9.53 Å². The Balaban J connectivity index is 1.91. The third-order valence-corrected chi connectivity index (χ3v) is 4.46. The molecular weight excluding hydrogens is 340 g/mol. The van der Waals surface area contributed by atoms with Crippen LogP contribution in [0.15, 0.2) is 34.1 Å². The summed E-state index contributed by atoms with van der Waals surface area (Å²) in [5.74, 6) is 0.388. The van der Waals surface area contributed by atoms with Crippen molar-refractivity contribution in [3.63, 3.8) is 0 Å². The van der Waals surface area contributed by atoms with Gasteiger partial charge in [0.2, 0.25) is 0 Å². The summed E-state index contributed by atoms with van der Waals surface area (Å²) in [6.45, 7) is 0.596. The molecule has 2 rings (SSSR count). The smallest absolute Gasteiger partial charge is 0.251 e. The number of ether oxygens (including phenoxy) is 1. The van der Waals surface area contributed by atoms with E-state index in [1.54, 1.807) is 29.5 Å². The normalized spacial score (nSPS) is 10.3. The van der Waals surface area contributed by atoms with Crippen molar-refractivity contribution in [1.29, 1.82) is 0 Å². The molecule has 1 heterocycles. The number of amides is 1. The lowest BCUT2D eigenvalue weighted by molar-refractivity contribution is 0.0954. The highest BCUT2D eigenvalue weighted by Crippen LogP contribution is 2.23. The Labute approximate surface area is 130 Å². The van der Waals surface area contributed by atoms with Gasteiger partial charge in [-0.2, -0.15) is 0 Å². The van der Waals surface area contributed by atoms with Gasteiger partial charge in [0, 0.05) is 17.0 Å². The van der Waals surface area contributed by atoms with Gasteiger partial charge in [0.1, 0.15) is 5.75 Å². The first kappa shape index (κ1) is 14.9. The number of benzene rings is 1. The van der Waals surface area contributed by atoms with E-state index in [9.17, 15) is 4.79 Å². The average Bonchev–Trinajstić information content (AvgIpc) is 2.85. The summed E-state index contributed by atoms with van der Waals surface area (Å²) >= 11 is 5.09. The van der Waals surface area contributed by atoms with Gasteiger partial charge in [0.15, 0.2) is 0 Å². The zero-order valence-corrected chi connectivity index (χ0v) is 13.4. The molecule has 1 aromatic carbocycles.